The zero-order valence-corrected chi connectivity index (χ0v) is 13.0. The molecule has 1 aromatic heterocycles. The van der Waals surface area contributed by atoms with Crippen LogP contribution < -0.4 is 5.73 Å². The number of piperidine rings is 1. The molecule has 0 unspecified atom stereocenters. The monoisotopic (exact) mass is 278 g/mol. The van der Waals surface area contributed by atoms with Crippen molar-refractivity contribution >= 4 is 11.6 Å². The van der Waals surface area contributed by atoms with E-state index in [9.17, 15) is 4.79 Å². The minimum absolute atomic E-state index is 0.104. The molecule has 1 amide bonds. The van der Waals surface area contributed by atoms with Crippen LogP contribution in [0.3, 0.4) is 0 Å². The number of hydrogen-bond donors (Lipinski definition) is 1. The van der Waals surface area contributed by atoms with Crippen molar-refractivity contribution in [2.75, 3.05) is 32.9 Å². The van der Waals surface area contributed by atoms with Crippen molar-refractivity contribution in [2.24, 2.45) is 0 Å². The maximum atomic E-state index is 12.7. The van der Waals surface area contributed by atoms with E-state index in [4.69, 9.17) is 5.73 Å². The van der Waals surface area contributed by atoms with E-state index >= 15 is 0 Å². The van der Waals surface area contributed by atoms with Crippen LogP contribution in [-0.4, -0.2) is 53.5 Å². The molecule has 1 fully saturated rings. The van der Waals surface area contributed by atoms with Crippen molar-refractivity contribution in [2.45, 2.75) is 38.8 Å². The van der Waals surface area contributed by atoms with Gasteiger partial charge < -0.3 is 20.1 Å². The Kier molecular flexibility index (Phi) is 4.38. The number of anilines is 1. The van der Waals surface area contributed by atoms with E-state index in [0.29, 0.717) is 17.4 Å². The molecule has 1 saturated heterocycles. The van der Waals surface area contributed by atoms with Gasteiger partial charge in [-0.15, -0.1) is 0 Å². The summed E-state index contributed by atoms with van der Waals surface area (Å²) in [6.07, 6.45) is 3.93. The second kappa shape index (κ2) is 5.87. The van der Waals surface area contributed by atoms with Crippen molar-refractivity contribution in [3.05, 3.63) is 18.0 Å². The molecule has 0 bridgehead atoms. The number of carbonyl (C=O) groups is 1. The van der Waals surface area contributed by atoms with Gasteiger partial charge in [0, 0.05) is 31.4 Å². The molecule has 2 rings (SSSR count). The third-order valence-corrected chi connectivity index (χ3v) is 4.13. The first-order chi connectivity index (χ1) is 9.40. The molecule has 2 N–H and O–H groups in total. The summed E-state index contributed by atoms with van der Waals surface area (Å²) in [5.41, 5.74) is 7.21. The highest BCUT2D eigenvalue weighted by Crippen LogP contribution is 2.21. The lowest BCUT2D eigenvalue weighted by Gasteiger charge is -2.35. The van der Waals surface area contributed by atoms with Crippen LogP contribution in [0.4, 0.5) is 5.69 Å². The van der Waals surface area contributed by atoms with Gasteiger partial charge in [-0.2, -0.15) is 0 Å². The van der Waals surface area contributed by atoms with Gasteiger partial charge in [-0.1, -0.05) is 0 Å². The van der Waals surface area contributed by atoms with E-state index in [1.807, 2.05) is 15.7 Å². The molecule has 2 heterocycles. The molecule has 0 atom stereocenters. The quantitative estimate of drug-likeness (QED) is 0.917. The highest BCUT2D eigenvalue weighted by molar-refractivity contribution is 5.94. The molecule has 0 aliphatic carbocycles. The summed E-state index contributed by atoms with van der Waals surface area (Å²) in [5, 5.41) is 0. The Morgan fingerprint density at radius 1 is 1.35 bits per heavy atom. The molecule has 0 saturated carbocycles. The predicted octanol–water partition coefficient (Wildman–Crippen LogP) is 1.82. The number of nitrogens with two attached hydrogens (primary N) is 1. The largest absolute Gasteiger partial charge is 0.397 e. The molecule has 5 heteroatoms. The maximum Gasteiger partial charge on any atom is 0.270 e. The first kappa shape index (κ1) is 14.9. The van der Waals surface area contributed by atoms with E-state index in [0.717, 1.165) is 25.9 Å². The normalized spacial score (nSPS) is 17.2. The maximum absolute atomic E-state index is 12.7. The highest BCUT2D eigenvalue weighted by atomic mass is 16.2. The third-order valence-electron chi connectivity index (χ3n) is 4.13. The number of rotatable bonds is 3. The number of carbonyl (C=O) groups excluding carboxylic acids is 1. The van der Waals surface area contributed by atoms with Crippen LogP contribution in [0.2, 0.25) is 0 Å². The Hall–Kier alpha value is -1.49. The lowest BCUT2D eigenvalue weighted by atomic mass is 10.0. The van der Waals surface area contributed by atoms with E-state index in [-0.39, 0.29) is 11.9 Å². The summed E-state index contributed by atoms with van der Waals surface area (Å²) in [4.78, 5) is 16.8. The summed E-state index contributed by atoms with van der Waals surface area (Å²) in [6.45, 7) is 5.78. The fraction of sp³-hybridized carbons (Fsp3) is 0.667. The first-order valence-electron chi connectivity index (χ1n) is 7.33. The van der Waals surface area contributed by atoms with Crippen molar-refractivity contribution in [1.29, 1.82) is 0 Å². The Balaban J connectivity index is 2.09. The van der Waals surface area contributed by atoms with E-state index in [1.165, 1.54) is 0 Å². The minimum Gasteiger partial charge on any atom is -0.397 e. The molecule has 112 valence electrons. The van der Waals surface area contributed by atoms with Gasteiger partial charge in [-0.3, -0.25) is 4.79 Å². The molecule has 0 aromatic carbocycles. The van der Waals surface area contributed by atoms with Gasteiger partial charge in [-0.25, -0.2) is 0 Å². The summed E-state index contributed by atoms with van der Waals surface area (Å²) in [6, 6.07) is 2.62. The van der Waals surface area contributed by atoms with Gasteiger partial charge in [0.25, 0.3) is 5.91 Å². The topological polar surface area (TPSA) is 54.5 Å². The molecular weight excluding hydrogens is 252 g/mol. The molecule has 0 spiro atoms. The average molecular weight is 278 g/mol. The van der Waals surface area contributed by atoms with Gasteiger partial charge in [0.15, 0.2) is 0 Å². The Morgan fingerprint density at radius 3 is 2.45 bits per heavy atom. The van der Waals surface area contributed by atoms with Gasteiger partial charge >= 0.3 is 0 Å². The third kappa shape index (κ3) is 2.98. The molecule has 1 aliphatic heterocycles. The number of nitrogen functional groups attached to an aromatic ring is 1. The number of amides is 1. The van der Waals surface area contributed by atoms with Crippen LogP contribution >= 0.6 is 0 Å². The Labute approximate surface area is 121 Å². The highest BCUT2D eigenvalue weighted by Gasteiger charge is 2.26. The minimum atomic E-state index is 0.104. The van der Waals surface area contributed by atoms with E-state index < -0.39 is 0 Å². The van der Waals surface area contributed by atoms with Crippen molar-refractivity contribution in [3.8, 4) is 0 Å². The molecular formula is C15H26N4O. The second-order valence-electron chi connectivity index (χ2n) is 6.15. The Bertz CT molecular complexity index is 470. The summed E-state index contributed by atoms with van der Waals surface area (Å²) >= 11 is 0. The number of aromatic nitrogens is 1. The van der Waals surface area contributed by atoms with Crippen LogP contribution in [-0.2, 0) is 0 Å². The molecule has 5 nitrogen and oxygen atoms in total. The predicted molar refractivity (Wildman–Crippen MR) is 81.8 cm³/mol. The first-order valence-corrected chi connectivity index (χ1v) is 7.33. The van der Waals surface area contributed by atoms with Crippen molar-refractivity contribution < 1.29 is 4.79 Å². The van der Waals surface area contributed by atoms with Crippen LogP contribution in [0, 0.1) is 0 Å². The summed E-state index contributed by atoms with van der Waals surface area (Å²) in [5.74, 6) is 0.104. The molecule has 0 radical (unpaired) electrons. The standard InChI is InChI=1S/C15H26N4O/c1-11(2)19-10-12(16)9-14(19)15(20)18-7-5-13(6-8-18)17(3)4/h9-11,13H,5-8,16H2,1-4H3. The number of nitrogens with zero attached hydrogens (tertiary/aromatic N) is 3. The fourth-order valence-electron chi connectivity index (χ4n) is 2.85. The Morgan fingerprint density at radius 2 is 1.95 bits per heavy atom. The zero-order valence-electron chi connectivity index (χ0n) is 13.0. The van der Waals surface area contributed by atoms with Gasteiger partial charge in [-0.05, 0) is 46.9 Å². The second-order valence-corrected chi connectivity index (χ2v) is 6.15. The fourth-order valence-corrected chi connectivity index (χ4v) is 2.85. The van der Waals surface area contributed by atoms with Crippen molar-refractivity contribution in [1.82, 2.24) is 14.4 Å². The van der Waals surface area contributed by atoms with E-state index in [2.05, 4.69) is 32.8 Å². The molecule has 1 aliphatic rings. The zero-order chi connectivity index (χ0) is 14.9. The van der Waals surface area contributed by atoms with Crippen LogP contribution in [0.5, 0.6) is 0 Å². The average Bonchev–Trinajstić information content (AvgIpc) is 2.80. The van der Waals surface area contributed by atoms with Gasteiger partial charge in [0.1, 0.15) is 5.69 Å². The van der Waals surface area contributed by atoms with Crippen LogP contribution in [0.1, 0.15) is 43.2 Å². The van der Waals surface area contributed by atoms with Crippen LogP contribution in [0.15, 0.2) is 12.3 Å². The SMILES string of the molecule is CC(C)n1cc(N)cc1C(=O)N1CCC(N(C)C)CC1. The summed E-state index contributed by atoms with van der Waals surface area (Å²) < 4.78 is 1.97. The van der Waals surface area contributed by atoms with Gasteiger partial charge in [0.2, 0.25) is 0 Å². The molecule has 1 aromatic rings. The van der Waals surface area contributed by atoms with Crippen LogP contribution in [0.25, 0.3) is 0 Å². The lowest BCUT2D eigenvalue weighted by Crippen LogP contribution is -2.44. The van der Waals surface area contributed by atoms with Gasteiger partial charge in [0.05, 0.1) is 5.69 Å². The lowest BCUT2D eigenvalue weighted by molar-refractivity contribution is 0.0651. The number of likely N-dealkylation sites (tertiary alicyclic amines) is 1. The smallest absolute Gasteiger partial charge is 0.270 e. The van der Waals surface area contributed by atoms with Crippen molar-refractivity contribution in [3.63, 3.8) is 0 Å². The number of hydrogen-bond acceptors (Lipinski definition) is 3. The summed E-state index contributed by atoms with van der Waals surface area (Å²) in [7, 11) is 4.21. The molecule has 20 heavy (non-hydrogen) atoms. The van der Waals surface area contributed by atoms with E-state index in [1.54, 1.807) is 6.07 Å².